The van der Waals surface area contributed by atoms with Crippen LogP contribution in [0.5, 0.6) is 0 Å². The van der Waals surface area contributed by atoms with Crippen molar-refractivity contribution in [1.29, 1.82) is 0 Å². The molecule has 0 bridgehead atoms. The van der Waals surface area contributed by atoms with Gasteiger partial charge >= 0.3 is 0 Å². The molecule has 110 valence electrons. The molecule has 0 radical (unpaired) electrons. The molecule has 2 rings (SSSR count). The predicted octanol–water partition coefficient (Wildman–Crippen LogP) is 5.54. The van der Waals surface area contributed by atoms with Gasteiger partial charge in [-0.15, -0.1) is 0 Å². The molecule has 0 aliphatic carbocycles. The molecule has 1 nitrogen and oxygen atoms in total. The maximum atomic E-state index is 2.74. The Bertz CT molecular complexity index is 356. The summed E-state index contributed by atoms with van der Waals surface area (Å²) < 4.78 is 0. The van der Waals surface area contributed by atoms with E-state index >= 15 is 0 Å². The molecule has 2 aliphatic rings. The lowest BCUT2D eigenvalue weighted by atomic mass is 9.81. The van der Waals surface area contributed by atoms with Crippen LogP contribution in [-0.4, -0.2) is 22.9 Å². The molecule has 1 fully saturated rings. The van der Waals surface area contributed by atoms with Crippen LogP contribution < -0.4 is 0 Å². The van der Waals surface area contributed by atoms with Crippen LogP contribution in [0.25, 0.3) is 0 Å². The molecule has 1 saturated heterocycles. The predicted molar refractivity (Wildman–Crippen MR) is 90.3 cm³/mol. The fraction of sp³-hybridized carbons (Fsp3) is 0.875. The smallest absolute Gasteiger partial charge is 0.102 e. The maximum absolute atomic E-state index is 2.74. The first-order valence-electron chi connectivity index (χ1n) is 7.51. The summed E-state index contributed by atoms with van der Waals surface area (Å²) in [5.74, 6) is 0. The molecule has 0 aromatic rings. The van der Waals surface area contributed by atoms with E-state index in [-0.39, 0.29) is 15.7 Å². The minimum absolute atomic E-state index is 0.181. The summed E-state index contributed by atoms with van der Waals surface area (Å²) in [5, 5.41) is 0. The minimum atomic E-state index is 0.181. The van der Waals surface area contributed by atoms with Gasteiger partial charge in [-0.25, -0.2) is 0 Å². The molecule has 19 heavy (non-hydrogen) atoms. The van der Waals surface area contributed by atoms with Crippen LogP contribution >= 0.6 is 21.6 Å². The Morgan fingerprint density at radius 2 is 1.58 bits per heavy atom. The largest absolute Gasteiger partial charge is 0.285 e. The van der Waals surface area contributed by atoms with Crippen LogP contribution in [0.15, 0.2) is 11.0 Å². The number of hydrogen-bond acceptors (Lipinski definition) is 3. The lowest BCUT2D eigenvalue weighted by Crippen LogP contribution is -2.54. The van der Waals surface area contributed by atoms with E-state index in [9.17, 15) is 0 Å². The van der Waals surface area contributed by atoms with Crippen LogP contribution in [0.3, 0.4) is 0 Å². The number of nitrogens with zero attached hydrogens (tertiary/aromatic N) is 1. The Hall–Kier alpha value is 0.400. The second-order valence-corrected chi connectivity index (χ2v) is 10.3. The molecule has 0 amide bonds. The molecule has 3 heteroatoms. The van der Waals surface area contributed by atoms with E-state index in [4.69, 9.17) is 0 Å². The van der Waals surface area contributed by atoms with Gasteiger partial charge in [0, 0.05) is 0 Å². The second-order valence-electron chi connectivity index (χ2n) is 7.92. The summed E-state index contributed by atoms with van der Waals surface area (Å²) in [6.07, 6.45) is 6.72. The molecule has 0 saturated carbocycles. The average molecular weight is 300 g/mol. The third-order valence-corrected chi connectivity index (χ3v) is 8.01. The topological polar surface area (TPSA) is 3.24 Å². The van der Waals surface area contributed by atoms with Gasteiger partial charge in [0.1, 0.15) is 4.87 Å². The highest BCUT2D eigenvalue weighted by Crippen LogP contribution is 2.62. The van der Waals surface area contributed by atoms with Crippen molar-refractivity contribution in [3.63, 3.8) is 0 Å². The minimum Gasteiger partial charge on any atom is -0.285 e. The van der Waals surface area contributed by atoms with Gasteiger partial charge in [0.15, 0.2) is 0 Å². The Labute approximate surface area is 127 Å². The first-order chi connectivity index (χ1) is 8.67. The van der Waals surface area contributed by atoms with Gasteiger partial charge in [0.25, 0.3) is 0 Å². The molecule has 0 aromatic heterocycles. The Morgan fingerprint density at radius 1 is 1.00 bits per heavy atom. The van der Waals surface area contributed by atoms with E-state index in [0.29, 0.717) is 0 Å². The normalized spacial score (nSPS) is 30.5. The summed E-state index contributed by atoms with van der Waals surface area (Å²) in [4.78, 5) is 4.48. The zero-order valence-corrected chi connectivity index (χ0v) is 15.0. The van der Waals surface area contributed by atoms with Gasteiger partial charge in [-0.3, -0.25) is 4.90 Å². The van der Waals surface area contributed by atoms with E-state index in [0.717, 1.165) is 0 Å². The van der Waals surface area contributed by atoms with Crippen LogP contribution in [0, 0.1) is 10.8 Å². The van der Waals surface area contributed by atoms with Crippen molar-refractivity contribution in [2.75, 3.05) is 13.1 Å². The summed E-state index contributed by atoms with van der Waals surface area (Å²) in [7, 11) is 4.10. The van der Waals surface area contributed by atoms with E-state index in [1.165, 1.54) is 32.4 Å². The first-order valence-corrected chi connectivity index (χ1v) is 9.66. The number of rotatable bonds is 1. The summed E-state index contributed by atoms with van der Waals surface area (Å²) in [6.45, 7) is 16.7. The zero-order chi connectivity index (χ0) is 14.3. The van der Waals surface area contributed by atoms with Crippen LogP contribution in [0.2, 0.25) is 0 Å². The third kappa shape index (κ3) is 3.03. The average Bonchev–Trinajstić information content (AvgIpc) is 2.75. The van der Waals surface area contributed by atoms with Crippen molar-refractivity contribution in [1.82, 2.24) is 4.90 Å². The van der Waals surface area contributed by atoms with Gasteiger partial charge in [0.05, 0.1) is 0 Å². The molecule has 0 spiro atoms. The number of piperidine rings is 1. The maximum Gasteiger partial charge on any atom is 0.102 e. The van der Waals surface area contributed by atoms with Crippen LogP contribution in [0.4, 0.5) is 0 Å². The van der Waals surface area contributed by atoms with Gasteiger partial charge in [-0.05, 0) is 47.7 Å². The second kappa shape index (κ2) is 5.31. The molecule has 2 aliphatic heterocycles. The van der Waals surface area contributed by atoms with E-state index in [1.54, 1.807) is 4.91 Å². The van der Waals surface area contributed by atoms with Crippen LogP contribution in [0.1, 0.15) is 60.8 Å². The first kappa shape index (κ1) is 15.8. The molecule has 1 unspecified atom stereocenters. The lowest BCUT2D eigenvalue weighted by Gasteiger charge is -2.49. The summed E-state index contributed by atoms with van der Waals surface area (Å²) in [6, 6.07) is 0. The highest BCUT2D eigenvalue weighted by molar-refractivity contribution is 8.79. The van der Waals surface area contributed by atoms with E-state index in [2.05, 4.69) is 63.3 Å². The van der Waals surface area contributed by atoms with E-state index in [1.807, 2.05) is 10.8 Å². The zero-order valence-electron chi connectivity index (χ0n) is 13.4. The van der Waals surface area contributed by atoms with Crippen LogP contribution in [-0.2, 0) is 0 Å². The number of hydrogen-bond donors (Lipinski definition) is 0. The fourth-order valence-corrected chi connectivity index (χ4v) is 7.08. The molecule has 0 N–H and O–H groups in total. The van der Waals surface area contributed by atoms with Crippen molar-refractivity contribution < 1.29 is 0 Å². The van der Waals surface area contributed by atoms with Gasteiger partial charge < -0.3 is 0 Å². The number of allylic oxidation sites excluding steroid dienone is 1. The number of likely N-dealkylation sites (tertiary alicyclic amines) is 1. The quantitative estimate of drug-likeness (QED) is 0.585. The van der Waals surface area contributed by atoms with Crippen molar-refractivity contribution >= 4 is 21.6 Å². The highest BCUT2D eigenvalue weighted by Gasteiger charge is 2.50. The monoisotopic (exact) mass is 299 g/mol. The standard InChI is InChI=1S/C16H29NS2/c1-14(2,3)13-12-16(19-18-13,15(4,5)6)17-10-8-7-9-11-17/h12H,7-11H2,1-6H3. The highest BCUT2D eigenvalue weighted by atomic mass is 33.1. The van der Waals surface area contributed by atoms with Crippen molar-refractivity contribution in [3.05, 3.63) is 11.0 Å². The SMILES string of the molecule is CC(C)(C)C1=CC(N2CCCCC2)(C(C)(C)C)SS1. The van der Waals surface area contributed by atoms with Gasteiger partial charge in [0.2, 0.25) is 0 Å². The molecule has 1 atom stereocenters. The summed E-state index contributed by atoms with van der Waals surface area (Å²) >= 11 is 0. The summed E-state index contributed by atoms with van der Waals surface area (Å²) in [5.41, 5.74) is 0.551. The fourth-order valence-electron chi connectivity index (χ4n) is 2.86. The van der Waals surface area contributed by atoms with Crippen molar-refractivity contribution in [2.24, 2.45) is 10.8 Å². The van der Waals surface area contributed by atoms with E-state index < -0.39 is 0 Å². The van der Waals surface area contributed by atoms with Gasteiger partial charge in [-0.2, -0.15) is 0 Å². The molecule has 0 aromatic carbocycles. The van der Waals surface area contributed by atoms with Crippen molar-refractivity contribution in [3.8, 4) is 0 Å². The molecule has 2 heterocycles. The third-order valence-electron chi connectivity index (χ3n) is 4.22. The lowest BCUT2D eigenvalue weighted by molar-refractivity contribution is 0.0876. The van der Waals surface area contributed by atoms with Crippen molar-refractivity contribution in [2.45, 2.75) is 65.7 Å². The molecular weight excluding hydrogens is 270 g/mol. The van der Waals surface area contributed by atoms with Gasteiger partial charge in [-0.1, -0.05) is 69.6 Å². The molecular formula is C16H29NS2. The Morgan fingerprint density at radius 3 is 2.00 bits per heavy atom. The Balaban J connectivity index is 2.35. The Kier molecular flexibility index (Phi) is 4.41.